The number of aliphatic hydroxyl groups is 1. The van der Waals surface area contributed by atoms with Gasteiger partial charge in [0.05, 0.1) is 12.2 Å². The Balaban J connectivity index is 3.30. The quantitative estimate of drug-likeness (QED) is 0.293. The third-order valence-electron chi connectivity index (χ3n) is 1.97. The van der Waals surface area contributed by atoms with E-state index in [-0.39, 0.29) is 12.2 Å². The Morgan fingerprint density at radius 1 is 1.56 bits per heavy atom. The second kappa shape index (κ2) is 6.43. The molecule has 0 fully saturated rings. The normalized spacial score (nSPS) is 11.7. The van der Waals surface area contributed by atoms with Gasteiger partial charge in [-0.15, -0.1) is 4.91 Å². The Morgan fingerprint density at radius 3 is 2.78 bits per heavy atom. The highest BCUT2D eigenvalue weighted by molar-refractivity contribution is 14.1. The first-order valence-corrected chi connectivity index (χ1v) is 5.98. The zero-order valence-electron chi connectivity index (χ0n) is 9.31. The van der Waals surface area contributed by atoms with E-state index < -0.39 is 23.2 Å². The molecule has 0 amide bonds. The molecular formula is C11H9FINO4. The van der Waals surface area contributed by atoms with Crippen molar-refractivity contribution < 1.29 is 19.0 Å². The van der Waals surface area contributed by atoms with Crippen LogP contribution >= 0.6 is 22.6 Å². The molecule has 0 aromatic heterocycles. The van der Waals surface area contributed by atoms with E-state index in [9.17, 15) is 19.2 Å². The first kappa shape index (κ1) is 14.6. The molecule has 1 N–H and O–H groups in total. The highest BCUT2D eigenvalue weighted by atomic mass is 127. The van der Waals surface area contributed by atoms with Crippen LogP contribution in [-0.4, -0.2) is 17.7 Å². The summed E-state index contributed by atoms with van der Waals surface area (Å²) >= 11 is 1.90. The Bertz CT molecular complexity index is 516. The number of ether oxygens (including phenoxy) is 1. The Kier molecular flexibility index (Phi) is 5.20. The van der Waals surface area contributed by atoms with Crippen LogP contribution in [0.5, 0.6) is 0 Å². The summed E-state index contributed by atoms with van der Waals surface area (Å²) in [6.07, 6.45) is 0. The van der Waals surface area contributed by atoms with Gasteiger partial charge in [0.25, 0.3) is 0 Å². The van der Waals surface area contributed by atoms with E-state index in [0.29, 0.717) is 3.57 Å². The average molecular weight is 365 g/mol. The molecule has 0 aliphatic carbocycles. The van der Waals surface area contributed by atoms with Crippen LogP contribution in [0.15, 0.2) is 29.1 Å². The lowest BCUT2D eigenvalue weighted by atomic mass is 10.1. The summed E-state index contributed by atoms with van der Waals surface area (Å²) in [5.41, 5.74) is -1.12. The summed E-state index contributed by atoms with van der Waals surface area (Å²) in [7, 11) is 0. The molecule has 0 unspecified atom stereocenters. The second-order valence-corrected chi connectivity index (χ2v) is 4.38. The molecule has 18 heavy (non-hydrogen) atoms. The minimum atomic E-state index is -1.09. The largest absolute Gasteiger partial charge is 0.505 e. The van der Waals surface area contributed by atoms with Crippen molar-refractivity contribution >= 4 is 34.3 Å². The van der Waals surface area contributed by atoms with Gasteiger partial charge < -0.3 is 9.84 Å². The van der Waals surface area contributed by atoms with Crippen LogP contribution in [0.2, 0.25) is 0 Å². The molecule has 0 heterocycles. The summed E-state index contributed by atoms with van der Waals surface area (Å²) in [5, 5.41) is 12.1. The molecule has 0 aliphatic rings. The number of hydrogen-bond acceptors (Lipinski definition) is 5. The van der Waals surface area contributed by atoms with Gasteiger partial charge in [0.15, 0.2) is 5.76 Å². The predicted octanol–water partition coefficient (Wildman–Crippen LogP) is 2.99. The van der Waals surface area contributed by atoms with Gasteiger partial charge in [-0.2, -0.15) is 0 Å². The number of nitrogens with zero attached hydrogens (tertiary/aromatic N) is 1. The number of carbonyl (C=O) groups excluding carboxylic acids is 1. The highest BCUT2D eigenvalue weighted by Gasteiger charge is 2.21. The maximum Gasteiger partial charge on any atom is 0.364 e. The van der Waals surface area contributed by atoms with Crippen molar-refractivity contribution in [1.82, 2.24) is 0 Å². The Morgan fingerprint density at radius 2 is 2.22 bits per heavy atom. The smallest absolute Gasteiger partial charge is 0.364 e. The molecular weight excluding hydrogens is 356 g/mol. The van der Waals surface area contributed by atoms with Gasteiger partial charge in [0.1, 0.15) is 5.82 Å². The van der Waals surface area contributed by atoms with Crippen LogP contribution in [0.1, 0.15) is 12.5 Å². The molecule has 0 bridgehead atoms. The number of carbonyl (C=O) groups is 1. The third kappa shape index (κ3) is 3.25. The Labute approximate surface area is 116 Å². The van der Waals surface area contributed by atoms with Crippen LogP contribution < -0.4 is 0 Å². The topological polar surface area (TPSA) is 76.0 Å². The molecule has 5 nitrogen and oxygen atoms in total. The summed E-state index contributed by atoms with van der Waals surface area (Å²) in [6.45, 7) is 1.54. The Hall–Kier alpha value is -1.51. The number of benzene rings is 1. The zero-order valence-corrected chi connectivity index (χ0v) is 11.5. The lowest BCUT2D eigenvalue weighted by Gasteiger charge is -2.05. The van der Waals surface area contributed by atoms with E-state index in [4.69, 9.17) is 0 Å². The van der Waals surface area contributed by atoms with E-state index >= 15 is 0 Å². The molecule has 7 heteroatoms. The maximum absolute atomic E-state index is 13.5. The SMILES string of the molecule is CCOC(=O)/C(N=O)=C(\O)c1cc(I)ccc1F. The molecule has 1 rings (SSSR count). The lowest BCUT2D eigenvalue weighted by Crippen LogP contribution is -2.08. The van der Waals surface area contributed by atoms with Crippen molar-refractivity contribution in [3.05, 3.63) is 43.8 Å². The number of halogens is 2. The van der Waals surface area contributed by atoms with E-state index in [2.05, 4.69) is 9.91 Å². The van der Waals surface area contributed by atoms with Crippen molar-refractivity contribution in [2.75, 3.05) is 6.61 Å². The van der Waals surface area contributed by atoms with Gasteiger partial charge in [0, 0.05) is 3.57 Å². The molecule has 0 atom stereocenters. The van der Waals surface area contributed by atoms with Gasteiger partial charge in [-0.05, 0) is 52.9 Å². The van der Waals surface area contributed by atoms with Crippen LogP contribution in [0.3, 0.4) is 0 Å². The lowest BCUT2D eigenvalue weighted by molar-refractivity contribution is -0.138. The van der Waals surface area contributed by atoms with Crippen LogP contribution in [0.25, 0.3) is 5.76 Å². The van der Waals surface area contributed by atoms with Crippen molar-refractivity contribution in [2.45, 2.75) is 6.92 Å². The van der Waals surface area contributed by atoms with Gasteiger partial charge in [-0.1, -0.05) is 0 Å². The minimum absolute atomic E-state index is 0.0138. The fourth-order valence-corrected chi connectivity index (χ4v) is 1.67. The van der Waals surface area contributed by atoms with Gasteiger partial charge in [-0.3, -0.25) is 0 Å². The van der Waals surface area contributed by atoms with Crippen molar-refractivity contribution in [1.29, 1.82) is 0 Å². The summed E-state index contributed by atoms with van der Waals surface area (Å²) in [5.74, 6) is -2.69. The molecule has 1 aromatic carbocycles. The monoisotopic (exact) mass is 365 g/mol. The molecule has 1 aromatic rings. The average Bonchev–Trinajstić information content (AvgIpc) is 2.33. The van der Waals surface area contributed by atoms with E-state index in [1.807, 2.05) is 22.6 Å². The first-order valence-electron chi connectivity index (χ1n) is 4.90. The molecule has 0 aliphatic heterocycles. The summed E-state index contributed by atoms with van der Waals surface area (Å²) in [4.78, 5) is 21.9. The second-order valence-electron chi connectivity index (χ2n) is 3.13. The summed E-state index contributed by atoms with van der Waals surface area (Å²) in [6, 6.07) is 3.88. The van der Waals surface area contributed by atoms with Gasteiger partial charge in [0.2, 0.25) is 5.70 Å². The van der Waals surface area contributed by atoms with Crippen molar-refractivity contribution in [3.63, 3.8) is 0 Å². The molecule has 96 valence electrons. The van der Waals surface area contributed by atoms with Gasteiger partial charge >= 0.3 is 5.97 Å². The molecule has 0 spiro atoms. The van der Waals surface area contributed by atoms with E-state index in [1.54, 1.807) is 0 Å². The van der Waals surface area contributed by atoms with Crippen molar-refractivity contribution in [2.24, 2.45) is 5.18 Å². The standard InChI is InChI=1S/C11H9FINO4/c1-2-18-11(16)9(14-17)10(15)7-5-6(13)3-4-8(7)12/h3-5,15H,2H2,1H3/b10-9+. The number of aliphatic hydroxyl groups excluding tert-OH is 1. The predicted molar refractivity (Wildman–Crippen MR) is 71.1 cm³/mol. The minimum Gasteiger partial charge on any atom is -0.505 e. The molecule has 0 radical (unpaired) electrons. The van der Waals surface area contributed by atoms with Crippen LogP contribution in [0.4, 0.5) is 4.39 Å². The number of nitroso groups, excluding NO2 is 1. The maximum atomic E-state index is 13.5. The number of rotatable bonds is 4. The van der Waals surface area contributed by atoms with Crippen LogP contribution in [0, 0.1) is 14.3 Å². The number of esters is 1. The van der Waals surface area contributed by atoms with E-state index in [1.165, 1.54) is 19.1 Å². The van der Waals surface area contributed by atoms with Crippen LogP contribution in [-0.2, 0) is 9.53 Å². The summed E-state index contributed by atoms with van der Waals surface area (Å²) < 4.78 is 18.6. The third-order valence-corrected chi connectivity index (χ3v) is 2.64. The molecule has 0 saturated carbocycles. The highest BCUT2D eigenvalue weighted by Crippen LogP contribution is 2.23. The number of hydrogen-bond donors (Lipinski definition) is 1. The van der Waals surface area contributed by atoms with Gasteiger partial charge in [-0.25, -0.2) is 9.18 Å². The fraction of sp³-hybridized carbons (Fsp3) is 0.182. The molecule has 0 saturated heterocycles. The zero-order chi connectivity index (χ0) is 13.7. The first-order chi connectivity index (χ1) is 8.51. The van der Waals surface area contributed by atoms with E-state index in [0.717, 1.165) is 6.07 Å². The fourth-order valence-electron chi connectivity index (χ4n) is 1.18. The van der Waals surface area contributed by atoms with Crippen molar-refractivity contribution in [3.8, 4) is 0 Å².